The van der Waals surface area contributed by atoms with Crippen molar-refractivity contribution in [3.05, 3.63) is 11.9 Å². The van der Waals surface area contributed by atoms with Gasteiger partial charge in [0.2, 0.25) is 0 Å². The number of nitrogens with zero attached hydrogens (tertiary/aromatic N) is 2. The highest BCUT2D eigenvalue weighted by Crippen LogP contribution is 2.24. The normalized spacial score (nSPS) is 24.6. The van der Waals surface area contributed by atoms with Crippen molar-refractivity contribution in [1.82, 2.24) is 9.97 Å². The molecule has 0 radical (unpaired) electrons. The van der Waals surface area contributed by atoms with Crippen LogP contribution in [0.15, 0.2) is 6.07 Å². The van der Waals surface area contributed by atoms with E-state index in [1.807, 2.05) is 6.92 Å². The molecule has 0 amide bonds. The maximum absolute atomic E-state index is 9.43. The van der Waals surface area contributed by atoms with Crippen molar-refractivity contribution >= 4 is 11.6 Å². The van der Waals surface area contributed by atoms with E-state index in [2.05, 4.69) is 15.3 Å². The van der Waals surface area contributed by atoms with Gasteiger partial charge in [0.05, 0.1) is 6.10 Å². The zero-order valence-corrected chi connectivity index (χ0v) is 10.2. The lowest BCUT2D eigenvalue weighted by molar-refractivity contribution is 0.111. The van der Waals surface area contributed by atoms with Crippen molar-refractivity contribution in [2.75, 3.05) is 17.6 Å². The first-order valence-corrected chi connectivity index (χ1v) is 6.16. The number of aliphatic hydroxyl groups is 1. The third kappa shape index (κ3) is 3.56. The van der Waals surface area contributed by atoms with Crippen LogP contribution in [0.25, 0.3) is 0 Å². The lowest BCUT2D eigenvalue weighted by atomic mass is 9.87. The predicted molar refractivity (Wildman–Crippen MR) is 67.6 cm³/mol. The Morgan fingerprint density at radius 2 is 2.06 bits per heavy atom. The first kappa shape index (κ1) is 12.1. The first-order valence-electron chi connectivity index (χ1n) is 6.16. The summed E-state index contributed by atoms with van der Waals surface area (Å²) in [4.78, 5) is 8.31. The van der Waals surface area contributed by atoms with Gasteiger partial charge in [-0.15, -0.1) is 0 Å². The number of anilines is 2. The molecule has 5 nitrogen and oxygen atoms in total. The molecule has 0 aliphatic heterocycles. The average Bonchev–Trinajstić information content (AvgIpc) is 2.27. The molecule has 0 saturated heterocycles. The smallest absolute Gasteiger partial charge is 0.131 e. The molecule has 2 rings (SSSR count). The van der Waals surface area contributed by atoms with Gasteiger partial charge in [0.1, 0.15) is 17.5 Å². The van der Waals surface area contributed by atoms with Crippen molar-refractivity contribution in [2.45, 2.75) is 38.7 Å². The third-order valence-corrected chi connectivity index (χ3v) is 3.25. The fourth-order valence-electron chi connectivity index (χ4n) is 2.28. The highest BCUT2D eigenvalue weighted by Gasteiger charge is 2.19. The fraction of sp³-hybridized carbons (Fsp3) is 0.667. The monoisotopic (exact) mass is 236 g/mol. The number of hydrogen-bond donors (Lipinski definition) is 3. The summed E-state index contributed by atoms with van der Waals surface area (Å²) in [6, 6.07) is 1.75. The molecule has 1 aliphatic carbocycles. The molecular weight excluding hydrogens is 216 g/mol. The van der Waals surface area contributed by atoms with Crippen LogP contribution in [0.1, 0.15) is 31.5 Å². The van der Waals surface area contributed by atoms with Crippen molar-refractivity contribution in [3.8, 4) is 0 Å². The van der Waals surface area contributed by atoms with E-state index < -0.39 is 0 Å². The summed E-state index contributed by atoms with van der Waals surface area (Å²) in [5.74, 6) is 2.60. The van der Waals surface area contributed by atoms with Gasteiger partial charge in [-0.3, -0.25) is 0 Å². The molecule has 1 aliphatic rings. The minimum atomic E-state index is -0.0943. The number of nitrogens with two attached hydrogens (primary N) is 1. The highest BCUT2D eigenvalue weighted by molar-refractivity contribution is 5.44. The van der Waals surface area contributed by atoms with Gasteiger partial charge < -0.3 is 16.2 Å². The zero-order valence-electron chi connectivity index (χ0n) is 10.2. The summed E-state index contributed by atoms with van der Waals surface area (Å²) in [6.07, 6.45) is 3.89. The summed E-state index contributed by atoms with van der Waals surface area (Å²) in [7, 11) is 0. The van der Waals surface area contributed by atoms with Crippen LogP contribution >= 0.6 is 0 Å². The molecule has 17 heavy (non-hydrogen) atoms. The molecule has 0 bridgehead atoms. The molecule has 5 heteroatoms. The van der Waals surface area contributed by atoms with Crippen LogP contribution in [0.5, 0.6) is 0 Å². The predicted octanol–water partition coefficient (Wildman–Crippen LogP) is 1.33. The second-order valence-electron chi connectivity index (χ2n) is 4.78. The van der Waals surface area contributed by atoms with E-state index in [0.717, 1.165) is 38.0 Å². The number of aryl methyl sites for hydroxylation is 1. The molecule has 0 unspecified atom stereocenters. The molecule has 4 N–H and O–H groups in total. The standard InChI is InChI=1S/C12H20N4O/c1-8-15-11(13)6-12(16-8)14-7-9-2-4-10(17)5-3-9/h6,9-10,17H,2-5,7H2,1H3,(H3,13,14,15,16). The molecule has 94 valence electrons. The average molecular weight is 236 g/mol. The molecule has 1 heterocycles. The second kappa shape index (κ2) is 5.31. The number of rotatable bonds is 3. The second-order valence-corrected chi connectivity index (χ2v) is 4.78. The lowest BCUT2D eigenvalue weighted by Crippen LogP contribution is -2.23. The van der Waals surface area contributed by atoms with Crippen LogP contribution in [0.4, 0.5) is 11.6 Å². The molecule has 1 saturated carbocycles. The van der Waals surface area contributed by atoms with Crippen LogP contribution in [-0.4, -0.2) is 27.7 Å². The van der Waals surface area contributed by atoms with Gasteiger partial charge in [-0.05, 0) is 38.5 Å². The van der Waals surface area contributed by atoms with E-state index in [9.17, 15) is 5.11 Å². The summed E-state index contributed by atoms with van der Waals surface area (Å²) in [5.41, 5.74) is 5.66. The minimum absolute atomic E-state index is 0.0943. The van der Waals surface area contributed by atoms with Crippen molar-refractivity contribution in [2.24, 2.45) is 5.92 Å². The summed E-state index contributed by atoms with van der Waals surface area (Å²) in [5, 5.41) is 12.7. The fourth-order valence-corrected chi connectivity index (χ4v) is 2.28. The quantitative estimate of drug-likeness (QED) is 0.737. The minimum Gasteiger partial charge on any atom is -0.393 e. The number of hydrogen-bond acceptors (Lipinski definition) is 5. The van der Waals surface area contributed by atoms with E-state index >= 15 is 0 Å². The van der Waals surface area contributed by atoms with Crippen LogP contribution in [0.2, 0.25) is 0 Å². The van der Waals surface area contributed by atoms with Crippen molar-refractivity contribution < 1.29 is 5.11 Å². The van der Waals surface area contributed by atoms with Crippen LogP contribution < -0.4 is 11.1 Å². The van der Waals surface area contributed by atoms with E-state index in [4.69, 9.17) is 5.73 Å². The Morgan fingerprint density at radius 3 is 2.71 bits per heavy atom. The maximum Gasteiger partial charge on any atom is 0.131 e. The van der Waals surface area contributed by atoms with Crippen LogP contribution in [0.3, 0.4) is 0 Å². The van der Waals surface area contributed by atoms with Gasteiger partial charge in [-0.2, -0.15) is 0 Å². The third-order valence-electron chi connectivity index (χ3n) is 3.25. The molecule has 0 aromatic carbocycles. The molecule has 0 atom stereocenters. The topological polar surface area (TPSA) is 84.1 Å². The summed E-state index contributed by atoms with van der Waals surface area (Å²) in [6.45, 7) is 2.72. The molecule has 1 aromatic heterocycles. The SMILES string of the molecule is Cc1nc(N)cc(NCC2CCC(O)CC2)n1. The van der Waals surface area contributed by atoms with Gasteiger partial charge in [0, 0.05) is 12.6 Å². The van der Waals surface area contributed by atoms with Gasteiger partial charge in [-0.25, -0.2) is 9.97 Å². The van der Waals surface area contributed by atoms with Gasteiger partial charge in [-0.1, -0.05) is 0 Å². The van der Waals surface area contributed by atoms with Gasteiger partial charge >= 0.3 is 0 Å². The number of nitrogens with one attached hydrogen (secondary N) is 1. The Labute approximate surface area is 101 Å². The molecule has 1 aromatic rings. The summed E-state index contributed by atoms with van der Waals surface area (Å²) >= 11 is 0. The number of aromatic nitrogens is 2. The van der Waals surface area contributed by atoms with E-state index in [1.165, 1.54) is 0 Å². The van der Waals surface area contributed by atoms with Gasteiger partial charge in [0.15, 0.2) is 0 Å². The van der Waals surface area contributed by atoms with Crippen LogP contribution in [0, 0.1) is 12.8 Å². The maximum atomic E-state index is 9.43. The Balaban J connectivity index is 1.85. The molecule has 1 fully saturated rings. The zero-order chi connectivity index (χ0) is 12.3. The largest absolute Gasteiger partial charge is 0.393 e. The Hall–Kier alpha value is -1.36. The van der Waals surface area contributed by atoms with E-state index in [0.29, 0.717) is 17.6 Å². The van der Waals surface area contributed by atoms with Crippen molar-refractivity contribution in [3.63, 3.8) is 0 Å². The number of nitrogen functional groups attached to an aromatic ring is 1. The Kier molecular flexibility index (Phi) is 3.78. The lowest BCUT2D eigenvalue weighted by Gasteiger charge is -2.25. The Morgan fingerprint density at radius 1 is 1.35 bits per heavy atom. The first-order chi connectivity index (χ1) is 8.13. The number of aliphatic hydroxyl groups excluding tert-OH is 1. The van der Waals surface area contributed by atoms with E-state index in [-0.39, 0.29) is 6.10 Å². The van der Waals surface area contributed by atoms with Crippen LogP contribution in [-0.2, 0) is 0 Å². The Bertz CT molecular complexity index is 355. The van der Waals surface area contributed by atoms with Crippen molar-refractivity contribution in [1.29, 1.82) is 0 Å². The molecule has 0 spiro atoms. The van der Waals surface area contributed by atoms with E-state index in [1.54, 1.807) is 6.07 Å². The summed E-state index contributed by atoms with van der Waals surface area (Å²) < 4.78 is 0. The highest BCUT2D eigenvalue weighted by atomic mass is 16.3. The molecular formula is C12H20N4O. The van der Waals surface area contributed by atoms with Gasteiger partial charge in [0.25, 0.3) is 0 Å².